The summed E-state index contributed by atoms with van der Waals surface area (Å²) in [5.74, 6) is -1.26. The van der Waals surface area contributed by atoms with Crippen molar-refractivity contribution >= 4 is 11.9 Å². The fraction of sp³-hybridized carbons (Fsp3) is 0.533. The maximum atomic E-state index is 12.2. The Balaban J connectivity index is 2.14. The zero-order valence-electron chi connectivity index (χ0n) is 12.1. The molecule has 108 valence electrons. The summed E-state index contributed by atoms with van der Waals surface area (Å²) in [5, 5.41) is 12.0. The van der Waals surface area contributed by atoms with E-state index in [-0.39, 0.29) is 28.6 Å². The largest absolute Gasteiger partial charge is 0.478 e. The van der Waals surface area contributed by atoms with Crippen LogP contribution in [-0.2, 0) is 0 Å². The van der Waals surface area contributed by atoms with Gasteiger partial charge < -0.3 is 10.4 Å². The van der Waals surface area contributed by atoms with E-state index in [0.717, 1.165) is 19.3 Å². The van der Waals surface area contributed by atoms with Gasteiger partial charge in [-0.1, -0.05) is 20.3 Å². The van der Waals surface area contributed by atoms with Gasteiger partial charge in [0.2, 0.25) is 0 Å². The number of hydrogen-bond acceptors (Lipinski definition) is 3. The first-order chi connectivity index (χ1) is 9.31. The first-order valence-corrected chi connectivity index (χ1v) is 6.83. The van der Waals surface area contributed by atoms with E-state index in [2.05, 4.69) is 24.1 Å². The second-order valence-corrected chi connectivity index (χ2v) is 6.04. The van der Waals surface area contributed by atoms with Crippen LogP contribution in [0.2, 0.25) is 0 Å². The molecule has 1 aromatic rings. The van der Waals surface area contributed by atoms with Gasteiger partial charge in [0.15, 0.2) is 0 Å². The van der Waals surface area contributed by atoms with Gasteiger partial charge in [0, 0.05) is 6.04 Å². The topological polar surface area (TPSA) is 79.3 Å². The van der Waals surface area contributed by atoms with E-state index in [1.807, 2.05) is 0 Å². The molecule has 1 atom stereocenters. The van der Waals surface area contributed by atoms with Gasteiger partial charge in [-0.05, 0) is 37.3 Å². The Bertz CT molecular complexity index is 552. The lowest BCUT2D eigenvalue weighted by Gasteiger charge is -2.27. The number of aromatic nitrogens is 1. The maximum Gasteiger partial charge on any atom is 0.337 e. The minimum absolute atomic E-state index is 0.103. The number of rotatable bonds is 3. The summed E-state index contributed by atoms with van der Waals surface area (Å²) in [6, 6.07) is 3.05. The van der Waals surface area contributed by atoms with Gasteiger partial charge in [-0.2, -0.15) is 0 Å². The van der Waals surface area contributed by atoms with Crippen molar-refractivity contribution in [2.45, 2.75) is 46.1 Å². The summed E-state index contributed by atoms with van der Waals surface area (Å²) < 4.78 is 0. The Morgan fingerprint density at radius 3 is 2.60 bits per heavy atom. The Kier molecular flexibility index (Phi) is 3.79. The number of carbonyl (C=O) groups is 2. The van der Waals surface area contributed by atoms with Gasteiger partial charge in [0.25, 0.3) is 5.91 Å². The maximum absolute atomic E-state index is 12.2. The fourth-order valence-corrected chi connectivity index (χ4v) is 2.74. The van der Waals surface area contributed by atoms with Crippen molar-refractivity contribution in [3.8, 4) is 0 Å². The lowest BCUT2D eigenvalue weighted by Crippen LogP contribution is -2.41. The van der Waals surface area contributed by atoms with Gasteiger partial charge in [0.1, 0.15) is 5.69 Å². The summed E-state index contributed by atoms with van der Waals surface area (Å²) in [5.41, 5.74) is 0.861. The van der Waals surface area contributed by atoms with Crippen LogP contribution in [0.1, 0.15) is 59.7 Å². The molecule has 1 heterocycles. The molecule has 0 aromatic carbocycles. The molecule has 1 fully saturated rings. The molecular formula is C15H20N2O3. The molecule has 1 aliphatic rings. The second-order valence-electron chi connectivity index (χ2n) is 6.04. The number of carboxylic acids is 1. The van der Waals surface area contributed by atoms with E-state index in [9.17, 15) is 9.59 Å². The van der Waals surface area contributed by atoms with Gasteiger partial charge >= 0.3 is 5.97 Å². The Labute approximate surface area is 118 Å². The van der Waals surface area contributed by atoms with Crippen molar-refractivity contribution in [1.29, 1.82) is 0 Å². The predicted octanol–water partition coefficient (Wildman–Crippen LogP) is 2.40. The van der Waals surface area contributed by atoms with E-state index in [0.29, 0.717) is 5.69 Å². The number of aromatic carboxylic acids is 1. The highest BCUT2D eigenvalue weighted by Gasteiger charge is 2.35. The molecular weight excluding hydrogens is 256 g/mol. The van der Waals surface area contributed by atoms with Crippen molar-refractivity contribution in [2.24, 2.45) is 5.41 Å². The molecule has 1 aliphatic carbocycles. The fourth-order valence-electron chi connectivity index (χ4n) is 2.74. The molecule has 0 aliphatic heterocycles. The summed E-state index contributed by atoms with van der Waals surface area (Å²) in [7, 11) is 0. The van der Waals surface area contributed by atoms with E-state index in [4.69, 9.17) is 5.11 Å². The molecule has 2 N–H and O–H groups in total. The minimum atomic E-state index is -1.03. The summed E-state index contributed by atoms with van der Waals surface area (Å²) in [6.45, 7) is 5.90. The van der Waals surface area contributed by atoms with E-state index in [1.165, 1.54) is 12.1 Å². The van der Waals surface area contributed by atoms with Gasteiger partial charge in [-0.15, -0.1) is 0 Å². The molecule has 1 saturated carbocycles. The highest BCUT2D eigenvalue weighted by Crippen LogP contribution is 2.37. The predicted molar refractivity (Wildman–Crippen MR) is 74.8 cm³/mol. The van der Waals surface area contributed by atoms with Gasteiger partial charge in [0.05, 0.1) is 11.3 Å². The van der Waals surface area contributed by atoms with Crippen LogP contribution < -0.4 is 5.32 Å². The molecule has 1 amide bonds. The standard InChI is InChI=1S/C15H20N2O3/c1-9-10(14(19)20)6-7-11(16-9)13(18)17-12-5-4-8-15(12,2)3/h6-7,12H,4-5,8H2,1-3H3,(H,17,18)(H,19,20). The van der Waals surface area contributed by atoms with Crippen LogP contribution >= 0.6 is 0 Å². The number of nitrogens with zero attached hydrogens (tertiary/aromatic N) is 1. The third-order valence-electron chi connectivity index (χ3n) is 4.11. The van der Waals surface area contributed by atoms with E-state index >= 15 is 0 Å². The normalized spacial score (nSPS) is 20.6. The number of carbonyl (C=O) groups excluding carboxylic acids is 1. The zero-order chi connectivity index (χ0) is 14.9. The molecule has 0 spiro atoms. The molecule has 1 unspecified atom stereocenters. The monoisotopic (exact) mass is 276 g/mol. The first-order valence-electron chi connectivity index (χ1n) is 6.83. The Morgan fingerprint density at radius 1 is 1.40 bits per heavy atom. The van der Waals surface area contributed by atoms with Crippen LogP contribution in [0.3, 0.4) is 0 Å². The Hall–Kier alpha value is -1.91. The first kappa shape index (κ1) is 14.5. The molecule has 1 aromatic heterocycles. The van der Waals surface area contributed by atoms with Crippen LogP contribution in [0.4, 0.5) is 0 Å². The molecule has 0 bridgehead atoms. The molecule has 20 heavy (non-hydrogen) atoms. The molecule has 2 rings (SSSR count). The smallest absolute Gasteiger partial charge is 0.337 e. The molecule has 5 nitrogen and oxygen atoms in total. The van der Waals surface area contributed by atoms with Crippen molar-refractivity contribution < 1.29 is 14.7 Å². The lowest BCUT2D eigenvalue weighted by molar-refractivity contribution is 0.0694. The van der Waals surface area contributed by atoms with Crippen molar-refractivity contribution in [1.82, 2.24) is 10.3 Å². The minimum Gasteiger partial charge on any atom is -0.478 e. The second kappa shape index (κ2) is 5.23. The third-order valence-corrected chi connectivity index (χ3v) is 4.11. The quantitative estimate of drug-likeness (QED) is 0.888. The van der Waals surface area contributed by atoms with Crippen LogP contribution in [-0.4, -0.2) is 28.0 Å². The third kappa shape index (κ3) is 2.81. The Morgan fingerprint density at radius 2 is 2.10 bits per heavy atom. The number of hydrogen-bond donors (Lipinski definition) is 2. The summed E-state index contributed by atoms with van der Waals surface area (Å²) in [6.07, 6.45) is 3.19. The highest BCUT2D eigenvalue weighted by molar-refractivity contribution is 5.94. The number of nitrogens with one attached hydrogen (secondary N) is 1. The van der Waals surface area contributed by atoms with Crippen LogP contribution in [0.25, 0.3) is 0 Å². The number of carboxylic acid groups (broad SMARTS) is 1. The number of pyridine rings is 1. The zero-order valence-corrected chi connectivity index (χ0v) is 12.1. The SMILES string of the molecule is Cc1nc(C(=O)NC2CCCC2(C)C)ccc1C(=O)O. The average molecular weight is 276 g/mol. The van der Waals surface area contributed by atoms with E-state index < -0.39 is 5.97 Å². The molecule has 5 heteroatoms. The summed E-state index contributed by atoms with van der Waals surface area (Å²) in [4.78, 5) is 27.2. The van der Waals surface area contributed by atoms with Gasteiger partial charge in [-0.3, -0.25) is 4.79 Å². The average Bonchev–Trinajstić information content (AvgIpc) is 2.68. The highest BCUT2D eigenvalue weighted by atomic mass is 16.4. The van der Waals surface area contributed by atoms with Crippen LogP contribution in [0.5, 0.6) is 0 Å². The van der Waals surface area contributed by atoms with Crippen LogP contribution in [0, 0.1) is 12.3 Å². The van der Waals surface area contributed by atoms with Crippen LogP contribution in [0.15, 0.2) is 12.1 Å². The van der Waals surface area contributed by atoms with Crippen molar-refractivity contribution in [3.63, 3.8) is 0 Å². The van der Waals surface area contributed by atoms with Gasteiger partial charge in [-0.25, -0.2) is 9.78 Å². The molecule has 0 radical (unpaired) electrons. The van der Waals surface area contributed by atoms with Crippen molar-refractivity contribution in [3.05, 3.63) is 29.1 Å². The summed E-state index contributed by atoms with van der Waals surface area (Å²) >= 11 is 0. The lowest BCUT2D eigenvalue weighted by atomic mass is 9.87. The number of amides is 1. The van der Waals surface area contributed by atoms with E-state index in [1.54, 1.807) is 6.92 Å². The molecule has 0 saturated heterocycles. The number of aryl methyl sites for hydroxylation is 1. The van der Waals surface area contributed by atoms with Crippen molar-refractivity contribution in [2.75, 3.05) is 0 Å².